The monoisotopic (exact) mass is 348 g/mol. The van der Waals surface area contributed by atoms with Crippen LogP contribution in [0.5, 0.6) is 0 Å². The lowest BCUT2D eigenvalue weighted by molar-refractivity contribution is 0.102. The SMILES string of the molecule is O=C(Nc1ccc(F)cc1)c1cc(N2CCc3ccccc3C2)ncn1. The number of nitrogens with one attached hydrogen (secondary N) is 1. The van der Waals surface area contributed by atoms with Crippen LogP contribution in [0.15, 0.2) is 60.9 Å². The first-order valence-electron chi connectivity index (χ1n) is 8.40. The fraction of sp³-hybridized carbons (Fsp3) is 0.150. The fourth-order valence-electron chi connectivity index (χ4n) is 3.06. The van der Waals surface area contributed by atoms with Gasteiger partial charge in [-0.25, -0.2) is 14.4 Å². The molecule has 0 saturated heterocycles. The largest absolute Gasteiger partial charge is 0.352 e. The number of halogens is 1. The highest BCUT2D eigenvalue weighted by Gasteiger charge is 2.18. The van der Waals surface area contributed by atoms with Gasteiger partial charge in [-0.3, -0.25) is 4.79 Å². The third-order valence-electron chi connectivity index (χ3n) is 4.44. The molecule has 26 heavy (non-hydrogen) atoms. The third-order valence-corrected chi connectivity index (χ3v) is 4.44. The number of benzene rings is 2. The predicted molar refractivity (Wildman–Crippen MR) is 97.6 cm³/mol. The second-order valence-corrected chi connectivity index (χ2v) is 6.16. The van der Waals surface area contributed by atoms with Crippen molar-refractivity contribution < 1.29 is 9.18 Å². The van der Waals surface area contributed by atoms with E-state index in [1.165, 1.54) is 41.7 Å². The van der Waals surface area contributed by atoms with Crippen molar-refractivity contribution in [3.8, 4) is 0 Å². The van der Waals surface area contributed by atoms with Gasteiger partial charge < -0.3 is 10.2 Å². The molecule has 2 heterocycles. The van der Waals surface area contributed by atoms with Gasteiger partial charge in [0.15, 0.2) is 0 Å². The van der Waals surface area contributed by atoms with Crippen LogP contribution in [0.1, 0.15) is 21.6 Å². The average Bonchev–Trinajstić information content (AvgIpc) is 2.69. The Labute approximate surface area is 150 Å². The van der Waals surface area contributed by atoms with Crippen LogP contribution in [0.2, 0.25) is 0 Å². The maximum Gasteiger partial charge on any atom is 0.274 e. The number of amides is 1. The molecule has 0 aliphatic carbocycles. The number of anilines is 2. The van der Waals surface area contributed by atoms with Crippen molar-refractivity contribution >= 4 is 17.4 Å². The summed E-state index contributed by atoms with van der Waals surface area (Å²) < 4.78 is 13.0. The van der Waals surface area contributed by atoms with Gasteiger partial charge in [-0.15, -0.1) is 0 Å². The summed E-state index contributed by atoms with van der Waals surface area (Å²) >= 11 is 0. The Hall–Kier alpha value is -3.28. The standard InChI is InChI=1S/C20H17FN4O/c21-16-5-7-17(8-6-16)24-20(26)18-11-19(23-13-22-18)25-10-9-14-3-1-2-4-15(14)12-25/h1-8,11,13H,9-10,12H2,(H,24,26). The molecule has 1 aliphatic rings. The Morgan fingerprint density at radius 2 is 1.81 bits per heavy atom. The van der Waals surface area contributed by atoms with E-state index in [0.717, 1.165) is 25.3 Å². The van der Waals surface area contributed by atoms with E-state index in [2.05, 4.69) is 38.4 Å². The van der Waals surface area contributed by atoms with E-state index >= 15 is 0 Å². The number of aromatic nitrogens is 2. The quantitative estimate of drug-likeness (QED) is 0.788. The first-order chi connectivity index (χ1) is 12.7. The van der Waals surface area contributed by atoms with Crippen LogP contribution in [0.25, 0.3) is 0 Å². The molecule has 0 spiro atoms. The molecule has 0 atom stereocenters. The minimum atomic E-state index is -0.349. The lowest BCUT2D eigenvalue weighted by Crippen LogP contribution is -2.31. The summed E-state index contributed by atoms with van der Waals surface area (Å²) in [4.78, 5) is 22.9. The van der Waals surface area contributed by atoms with Gasteiger partial charge in [0.05, 0.1) is 0 Å². The molecule has 130 valence electrons. The zero-order valence-electron chi connectivity index (χ0n) is 14.0. The van der Waals surface area contributed by atoms with Crippen molar-refractivity contribution in [1.29, 1.82) is 0 Å². The smallest absolute Gasteiger partial charge is 0.274 e. The van der Waals surface area contributed by atoms with E-state index in [-0.39, 0.29) is 17.4 Å². The number of carbonyl (C=O) groups excluding carboxylic acids is 1. The first kappa shape index (κ1) is 16.2. The highest BCUT2D eigenvalue weighted by atomic mass is 19.1. The molecule has 0 radical (unpaired) electrons. The van der Waals surface area contributed by atoms with Gasteiger partial charge in [0.2, 0.25) is 0 Å². The Morgan fingerprint density at radius 1 is 1.04 bits per heavy atom. The number of carbonyl (C=O) groups is 1. The normalized spacial score (nSPS) is 13.2. The Balaban J connectivity index is 1.51. The van der Waals surface area contributed by atoms with Crippen LogP contribution in [0.4, 0.5) is 15.9 Å². The molecular weight excluding hydrogens is 331 g/mol. The highest BCUT2D eigenvalue weighted by Crippen LogP contribution is 2.23. The molecule has 1 aromatic heterocycles. The average molecular weight is 348 g/mol. The van der Waals surface area contributed by atoms with E-state index < -0.39 is 0 Å². The van der Waals surface area contributed by atoms with Crippen molar-refractivity contribution in [2.24, 2.45) is 0 Å². The van der Waals surface area contributed by atoms with Crippen LogP contribution in [-0.2, 0) is 13.0 Å². The summed E-state index contributed by atoms with van der Waals surface area (Å²) in [7, 11) is 0. The maximum atomic E-state index is 13.0. The highest BCUT2D eigenvalue weighted by molar-refractivity contribution is 6.03. The van der Waals surface area contributed by atoms with E-state index in [1.54, 1.807) is 6.07 Å². The minimum absolute atomic E-state index is 0.276. The molecule has 0 unspecified atom stereocenters. The lowest BCUT2D eigenvalue weighted by atomic mass is 10.00. The summed E-state index contributed by atoms with van der Waals surface area (Å²) in [6.07, 6.45) is 2.34. The molecule has 1 amide bonds. The van der Waals surface area contributed by atoms with Crippen molar-refractivity contribution in [1.82, 2.24) is 9.97 Å². The molecule has 1 aliphatic heterocycles. The fourth-order valence-corrected chi connectivity index (χ4v) is 3.06. The van der Waals surface area contributed by atoms with Crippen LogP contribution in [0, 0.1) is 5.82 Å². The zero-order chi connectivity index (χ0) is 17.9. The Kier molecular flexibility index (Phi) is 4.31. The van der Waals surface area contributed by atoms with E-state index in [1.807, 2.05) is 6.07 Å². The Morgan fingerprint density at radius 3 is 2.62 bits per heavy atom. The molecule has 6 heteroatoms. The van der Waals surface area contributed by atoms with Gasteiger partial charge in [-0.05, 0) is 41.8 Å². The number of fused-ring (bicyclic) bond motifs is 1. The Bertz CT molecular complexity index is 943. The molecule has 0 bridgehead atoms. The maximum absolute atomic E-state index is 13.0. The number of nitrogens with zero attached hydrogens (tertiary/aromatic N) is 3. The molecule has 4 rings (SSSR count). The second kappa shape index (κ2) is 6.92. The zero-order valence-corrected chi connectivity index (χ0v) is 14.0. The van der Waals surface area contributed by atoms with Crippen LogP contribution in [0.3, 0.4) is 0 Å². The minimum Gasteiger partial charge on any atom is -0.352 e. The molecule has 0 saturated carbocycles. The van der Waals surface area contributed by atoms with Gasteiger partial charge >= 0.3 is 0 Å². The van der Waals surface area contributed by atoms with Crippen LogP contribution >= 0.6 is 0 Å². The summed E-state index contributed by atoms with van der Waals surface area (Å²) in [5.41, 5.74) is 3.42. The summed E-state index contributed by atoms with van der Waals surface area (Å²) in [5.74, 6) is 0.0223. The molecule has 1 N–H and O–H groups in total. The van der Waals surface area contributed by atoms with Crippen molar-refractivity contribution in [3.63, 3.8) is 0 Å². The summed E-state index contributed by atoms with van der Waals surface area (Å²) in [5, 5.41) is 2.72. The molecular formula is C20H17FN4O. The van der Waals surface area contributed by atoms with Crippen molar-refractivity contribution in [2.75, 3.05) is 16.8 Å². The number of hydrogen-bond donors (Lipinski definition) is 1. The summed E-state index contributed by atoms with van der Waals surface area (Å²) in [6.45, 7) is 1.60. The molecule has 3 aromatic rings. The van der Waals surface area contributed by atoms with Gasteiger partial charge in [0.25, 0.3) is 5.91 Å². The van der Waals surface area contributed by atoms with Gasteiger partial charge in [-0.1, -0.05) is 24.3 Å². The molecule has 2 aromatic carbocycles. The van der Waals surface area contributed by atoms with Crippen molar-refractivity contribution in [3.05, 3.63) is 83.6 Å². The second-order valence-electron chi connectivity index (χ2n) is 6.16. The topological polar surface area (TPSA) is 58.1 Å². The van der Waals surface area contributed by atoms with Crippen LogP contribution in [-0.4, -0.2) is 22.4 Å². The van der Waals surface area contributed by atoms with Gasteiger partial charge in [0, 0.05) is 24.8 Å². The molecule has 5 nitrogen and oxygen atoms in total. The number of rotatable bonds is 3. The lowest BCUT2D eigenvalue weighted by Gasteiger charge is -2.29. The third kappa shape index (κ3) is 3.39. The summed E-state index contributed by atoms with van der Waals surface area (Å²) in [6, 6.07) is 15.7. The van der Waals surface area contributed by atoms with E-state index in [4.69, 9.17) is 0 Å². The predicted octanol–water partition coefficient (Wildman–Crippen LogP) is 3.43. The molecule has 0 fully saturated rings. The first-order valence-corrected chi connectivity index (χ1v) is 8.40. The van der Waals surface area contributed by atoms with E-state index in [0.29, 0.717) is 5.69 Å². The van der Waals surface area contributed by atoms with Gasteiger partial charge in [0.1, 0.15) is 23.7 Å². The van der Waals surface area contributed by atoms with Crippen molar-refractivity contribution in [2.45, 2.75) is 13.0 Å². The van der Waals surface area contributed by atoms with Gasteiger partial charge in [-0.2, -0.15) is 0 Å². The van der Waals surface area contributed by atoms with E-state index in [9.17, 15) is 9.18 Å². The van der Waals surface area contributed by atoms with Crippen LogP contribution < -0.4 is 10.2 Å². The number of hydrogen-bond acceptors (Lipinski definition) is 4.